The molecule has 144 valence electrons. The first kappa shape index (κ1) is 18.1. The summed E-state index contributed by atoms with van der Waals surface area (Å²) in [5, 5.41) is 1.82. The predicted molar refractivity (Wildman–Crippen MR) is 101 cm³/mol. The third-order valence-corrected chi connectivity index (χ3v) is 6.32. The Morgan fingerprint density at radius 1 is 1.41 bits per heavy atom. The molecule has 27 heavy (non-hydrogen) atoms. The molecule has 3 atom stereocenters. The number of hydrogen-bond donors (Lipinski definition) is 3. The van der Waals surface area contributed by atoms with Gasteiger partial charge in [0, 0.05) is 24.1 Å². The molecule has 4 rings (SSSR count). The molecule has 0 aliphatic heterocycles. The van der Waals surface area contributed by atoms with Crippen molar-refractivity contribution in [2.75, 3.05) is 7.11 Å². The van der Waals surface area contributed by atoms with E-state index in [9.17, 15) is 9.59 Å². The van der Waals surface area contributed by atoms with E-state index in [4.69, 9.17) is 16.2 Å². The minimum atomic E-state index is -0.836. The first-order valence-electron chi connectivity index (χ1n) is 8.76. The summed E-state index contributed by atoms with van der Waals surface area (Å²) in [6.45, 7) is 1.85. The second kappa shape index (κ2) is 6.43. The number of rotatable bonds is 4. The molecular weight excluding hydrogens is 371 g/mol. The van der Waals surface area contributed by atoms with E-state index in [0.29, 0.717) is 11.3 Å². The summed E-state index contributed by atoms with van der Waals surface area (Å²) < 4.78 is 22.4. The number of methoxy groups -OCH3 is 1. The van der Waals surface area contributed by atoms with Crippen molar-refractivity contribution >= 4 is 17.0 Å². The van der Waals surface area contributed by atoms with Crippen molar-refractivity contribution in [2.24, 2.45) is 11.5 Å². The summed E-state index contributed by atoms with van der Waals surface area (Å²) >= 11 is 1.43. The standard InChI is InChI=1S/C18H21FN4O3S/c1-7(20)10-5-8(6-27-10)11-13(19)14(21)12-15(16(11)26-2)23(9-3-4-9)18(25)22-17(12)24/h5-7,9,11,16H,3-4,20-21H2,1-2H3,(H,22,24,25). The fourth-order valence-corrected chi connectivity index (χ4v) is 4.62. The van der Waals surface area contributed by atoms with Crippen LogP contribution in [0.4, 0.5) is 4.39 Å². The molecule has 1 fully saturated rings. The predicted octanol–water partition coefficient (Wildman–Crippen LogP) is 2.03. The van der Waals surface area contributed by atoms with Crippen LogP contribution in [0.3, 0.4) is 0 Å². The van der Waals surface area contributed by atoms with E-state index < -0.39 is 29.1 Å². The van der Waals surface area contributed by atoms with Crippen LogP contribution in [0.1, 0.15) is 65.6 Å². The van der Waals surface area contributed by atoms with Crippen LogP contribution in [0, 0.1) is 0 Å². The van der Waals surface area contributed by atoms with Gasteiger partial charge in [-0.15, -0.1) is 11.3 Å². The highest BCUT2D eigenvalue weighted by atomic mass is 32.1. The van der Waals surface area contributed by atoms with Gasteiger partial charge in [-0.2, -0.15) is 0 Å². The molecule has 0 bridgehead atoms. The number of ether oxygens (including phenoxy) is 1. The average molecular weight is 392 g/mol. The van der Waals surface area contributed by atoms with Crippen LogP contribution in [0.2, 0.25) is 0 Å². The van der Waals surface area contributed by atoms with Crippen molar-refractivity contribution in [3.8, 4) is 0 Å². The number of fused-ring (bicyclic) bond motifs is 1. The van der Waals surface area contributed by atoms with Gasteiger partial charge in [0.15, 0.2) is 0 Å². The van der Waals surface area contributed by atoms with Crippen molar-refractivity contribution in [3.63, 3.8) is 0 Å². The quantitative estimate of drug-likeness (QED) is 0.736. The van der Waals surface area contributed by atoms with Crippen molar-refractivity contribution in [1.29, 1.82) is 0 Å². The van der Waals surface area contributed by atoms with Gasteiger partial charge in [-0.25, -0.2) is 9.18 Å². The Hall–Kier alpha value is -2.23. The maximum Gasteiger partial charge on any atom is 0.328 e. The van der Waals surface area contributed by atoms with E-state index in [1.54, 1.807) is 0 Å². The molecule has 0 aromatic carbocycles. The number of thiophene rings is 1. The molecule has 2 heterocycles. The number of halogens is 1. The summed E-state index contributed by atoms with van der Waals surface area (Å²) in [7, 11) is 1.44. The molecule has 1 saturated carbocycles. The lowest BCUT2D eigenvalue weighted by Crippen LogP contribution is -2.40. The molecule has 0 amide bonds. The SMILES string of the molecule is COC1c2c(c(=O)[nH]c(=O)n2C2CC2)C(N)=C(F)C1c1csc(C(C)N)c1. The summed E-state index contributed by atoms with van der Waals surface area (Å²) in [6.07, 6.45) is 0.802. The van der Waals surface area contributed by atoms with E-state index in [1.807, 2.05) is 18.4 Å². The van der Waals surface area contributed by atoms with Gasteiger partial charge in [0.05, 0.1) is 22.9 Å². The second-order valence-electron chi connectivity index (χ2n) is 7.09. The van der Waals surface area contributed by atoms with Crippen LogP contribution >= 0.6 is 11.3 Å². The number of nitrogens with zero attached hydrogens (tertiary/aromatic N) is 1. The van der Waals surface area contributed by atoms with Crippen molar-refractivity contribution in [2.45, 2.75) is 43.9 Å². The van der Waals surface area contributed by atoms with Gasteiger partial charge in [0.25, 0.3) is 5.56 Å². The van der Waals surface area contributed by atoms with Gasteiger partial charge in [-0.05, 0) is 36.8 Å². The first-order chi connectivity index (χ1) is 12.8. The van der Waals surface area contributed by atoms with E-state index in [2.05, 4.69) is 4.98 Å². The van der Waals surface area contributed by atoms with Gasteiger partial charge >= 0.3 is 5.69 Å². The number of aromatic nitrogens is 2. The lowest BCUT2D eigenvalue weighted by Gasteiger charge is -2.33. The Labute approximate surface area is 158 Å². The Balaban J connectivity index is 1.98. The third-order valence-electron chi connectivity index (χ3n) is 5.17. The van der Waals surface area contributed by atoms with Crippen LogP contribution in [-0.2, 0) is 4.74 Å². The minimum Gasteiger partial charge on any atom is -0.396 e. The molecule has 2 aliphatic carbocycles. The lowest BCUT2D eigenvalue weighted by molar-refractivity contribution is 0.0719. The largest absolute Gasteiger partial charge is 0.396 e. The Morgan fingerprint density at radius 2 is 2.11 bits per heavy atom. The molecule has 0 radical (unpaired) electrons. The van der Waals surface area contributed by atoms with Crippen molar-refractivity contribution in [3.05, 3.63) is 59.8 Å². The molecule has 7 nitrogen and oxygen atoms in total. The number of aromatic amines is 1. The smallest absolute Gasteiger partial charge is 0.328 e. The summed E-state index contributed by atoms with van der Waals surface area (Å²) in [4.78, 5) is 28.0. The molecule has 2 aromatic heterocycles. The van der Waals surface area contributed by atoms with Crippen molar-refractivity contribution < 1.29 is 9.13 Å². The van der Waals surface area contributed by atoms with Gasteiger partial charge in [0.2, 0.25) is 0 Å². The molecule has 9 heteroatoms. The molecule has 3 unspecified atom stereocenters. The topological polar surface area (TPSA) is 116 Å². The highest BCUT2D eigenvalue weighted by molar-refractivity contribution is 7.10. The van der Waals surface area contributed by atoms with E-state index in [0.717, 1.165) is 17.7 Å². The molecule has 0 spiro atoms. The summed E-state index contributed by atoms with van der Waals surface area (Å²) in [5.74, 6) is -1.47. The van der Waals surface area contributed by atoms with Crippen LogP contribution in [0.15, 0.2) is 26.9 Å². The maximum absolute atomic E-state index is 15.3. The van der Waals surface area contributed by atoms with Crippen LogP contribution in [0.25, 0.3) is 5.70 Å². The van der Waals surface area contributed by atoms with Gasteiger partial charge in [-0.1, -0.05) is 0 Å². The molecule has 5 N–H and O–H groups in total. The van der Waals surface area contributed by atoms with Gasteiger partial charge in [0.1, 0.15) is 11.9 Å². The number of nitrogens with two attached hydrogens (primary N) is 2. The Kier molecular flexibility index (Phi) is 4.32. The summed E-state index contributed by atoms with van der Waals surface area (Å²) in [5.41, 5.74) is 11.5. The van der Waals surface area contributed by atoms with Crippen LogP contribution in [0.5, 0.6) is 0 Å². The molecule has 2 aromatic rings. The maximum atomic E-state index is 15.3. The highest BCUT2D eigenvalue weighted by Crippen LogP contribution is 2.49. The highest BCUT2D eigenvalue weighted by Gasteiger charge is 2.43. The average Bonchev–Trinajstić information content (AvgIpc) is 3.32. The Morgan fingerprint density at radius 3 is 2.67 bits per heavy atom. The Bertz CT molecular complexity index is 1050. The van der Waals surface area contributed by atoms with Gasteiger partial charge < -0.3 is 16.2 Å². The number of nitrogens with one attached hydrogen (secondary N) is 1. The zero-order chi connectivity index (χ0) is 19.5. The first-order valence-corrected chi connectivity index (χ1v) is 9.64. The van der Waals surface area contributed by atoms with Crippen LogP contribution < -0.4 is 22.7 Å². The monoisotopic (exact) mass is 392 g/mol. The summed E-state index contributed by atoms with van der Waals surface area (Å²) in [6, 6.07) is 1.62. The minimum absolute atomic E-state index is 0.00949. The second-order valence-corrected chi connectivity index (χ2v) is 8.03. The zero-order valence-electron chi connectivity index (χ0n) is 15.0. The molecule has 0 saturated heterocycles. The number of hydrogen-bond acceptors (Lipinski definition) is 6. The molecular formula is C18H21FN4O3S. The van der Waals surface area contributed by atoms with E-state index >= 15 is 4.39 Å². The van der Waals surface area contributed by atoms with E-state index in [-0.39, 0.29) is 23.3 Å². The number of H-pyrrole nitrogens is 1. The normalized spacial score (nSPS) is 23.4. The third kappa shape index (κ3) is 2.77. The lowest BCUT2D eigenvalue weighted by atomic mass is 9.83. The molecule has 2 aliphatic rings. The van der Waals surface area contributed by atoms with Crippen LogP contribution in [-0.4, -0.2) is 16.7 Å². The fourth-order valence-electron chi connectivity index (χ4n) is 3.72. The van der Waals surface area contributed by atoms with Gasteiger partial charge in [-0.3, -0.25) is 14.3 Å². The van der Waals surface area contributed by atoms with E-state index in [1.165, 1.54) is 23.0 Å². The van der Waals surface area contributed by atoms with Crippen molar-refractivity contribution in [1.82, 2.24) is 9.55 Å². The fraction of sp³-hybridized carbons (Fsp3) is 0.444. The zero-order valence-corrected chi connectivity index (χ0v) is 15.8.